The average Bonchev–Trinajstić information content (AvgIpc) is 2.88. The van der Waals surface area contributed by atoms with Crippen LogP contribution < -0.4 is 0 Å². The molecule has 3 rings (SSSR count). The van der Waals surface area contributed by atoms with E-state index >= 15 is 0 Å². The van der Waals surface area contributed by atoms with Crippen LogP contribution in [0, 0.1) is 0 Å². The quantitative estimate of drug-likeness (QED) is 0.804. The second-order valence-electron chi connectivity index (χ2n) is 4.98. The number of benzene rings is 1. The van der Waals surface area contributed by atoms with Gasteiger partial charge in [-0.2, -0.15) is 0 Å². The maximum Gasteiger partial charge on any atom is 0.338 e. The summed E-state index contributed by atoms with van der Waals surface area (Å²) >= 11 is 1.40. The van der Waals surface area contributed by atoms with Crippen LogP contribution in [0.1, 0.15) is 25.5 Å². The molecule has 1 amide bonds. The van der Waals surface area contributed by atoms with Gasteiger partial charge in [-0.1, -0.05) is 42.1 Å². The summed E-state index contributed by atoms with van der Waals surface area (Å²) in [7, 11) is 0. The Balaban J connectivity index is 2.13. The van der Waals surface area contributed by atoms with Gasteiger partial charge < -0.3 is 4.74 Å². The summed E-state index contributed by atoms with van der Waals surface area (Å²) in [6, 6.07) is 9.06. The van der Waals surface area contributed by atoms with Crippen molar-refractivity contribution in [3.8, 4) is 0 Å². The first kappa shape index (κ1) is 14.8. The first-order valence-corrected chi connectivity index (χ1v) is 8.08. The standard InChI is InChI=1S/C16H16N2O3S/c1-3-21-15(20)13-10(2)17-16-18(12(19)9-22-16)14(13)11-7-5-4-6-8-11/h4-8,14H,3,9H2,1-2H3/t14-/m0/s1. The summed E-state index contributed by atoms with van der Waals surface area (Å²) in [5, 5.41) is 0.657. The predicted molar refractivity (Wildman–Crippen MR) is 85.3 cm³/mol. The van der Waals surface area contributed by atoms with Gasteiger partial charge in [-0.15, -0.1) is 0 Å². The highest BCUT2D eigenvalue weighted by molar-refractivity contribution is 8.15. The van der Waals surface area contributed by atoms with Crippen molar-refractivity contribution in [1.82, 2.24) is 4.90 Å². The number of fused-ring (bicyclic) bond motifs is 1. The zero-order chi connectivity index (χ0) is 15.7. The van der Waals surface area contributed by atoms with E-state index in [4.69, 9.17) is 4.74 Å². The minimum absolute atomic E-state index is 0.0353. The van der Waals surface area contributed by atoms with Crippen LogP contribution in [0.5, 0.6) is 0 Å². The van der Waals surface area contributed by atoms with Crippen LogP contribution in [0.2, 0.25) is 0 Å². The molecule has 0 spiro atoms. The smallest absolute Gasteiger partial charge is 0.338 e. The largest absolute Gasteiger partial charge is 0.463 e. The molecule has 0 radical (unpaired) electrons. The van der Waals surface area contributed by atoms with E-state index in [1.54, 1.807) is 18.7 Å². The van der Waals surface area contributed by atoms with Gasteiger partial charge in [-0.25, -0.2) is 9.79 Å². The molecule has 2 heterocycles. The molecule has 1 saturated heterocycles. The maximum atomic E-state index is 12.4. The van der Waals surface area contributed by atoms with Crippen LogP contribution in [0.25, 0.3) is 0 Å². The topological polar surface area (TPSA) is 59.0 Å². The monoisotopic (exact) mass is 316 g/mol. The van der Waals surface area contributed by atoms with E-state index in [-0.39, 0.29) is 12.5 Å². The van der Waals surface area contributed by atoms with Gasteiger partial charge in [0.25, 0.3) is 0 Å². The Morgan fingerprint density at radius 2 is 2.14 bits per heavy atom. The number of amidine groups is 1. The van der Waals surface area contributed by atoms with Crippen molar-refractivity contribution in [2.24, 2.45) is 4.99 Å². The van der Waals surface area contributed by atoms with E-state index in [0.29, 0.717) is 22.2 Å². The third-order valence-corrected chi connectivity index (χ3v) is 4.53. The summed E-state index contributed by atoms with van der Waals surface area (Å²) in [6.45, 7) is 3.84. The Labute approximate surface area is 133 Å². The van der Waals surface area contributed by atoms with Crippen LogP contribution in [-0.2, 0) is 14.3 Å². The number of esters is 1. The number of ether oxygens (including phenoxy) is 1. The number of carbonyl (C=O) groups is 2. The van der Waals surface area contributed by atoms with Crippen molar-refractivity contribution < 1.29 is 14.3 Å². The van der Waals surface area contributed by atoms with Crippen LogP contribution >= 0.6 is 11.8 Å². The normalized spacial score (nSPS) is 20.8. The van der Waals surface area contributed by atoms with Crippen molar-refractivity contribution in [2.75, 3.05) is 12.4 Å². The molecule has 5 nitrogen and oxygen atoms in total. The molecule has 2 aliphatic rings. The molecule has 0 saturated carbocycles. The lowest BCUT2D eigenvalue weighted by Crippen LogP contribution is -2.39. The fourth-order valence-electron chi connectivity index (χ4n) is 2.66. The number of aliphatic imine (C=N–C) groups is 1. The van der Waals surface area contributed by atoms with Crippen molar-refractivity contribution in [3.05, 3.63) is 47.2 Å². The lowest BCUT2D eigenvalue weighted by Gasteiger charge is -2.32. The molecule has 0 unspecified atom stereocenters. The maximum absolute atomic E-state index is 12.4. The molecule has 22 heavy (non-hydrogen) atoms. The van der Waals surface area contributed by atoms with E-state index in [0.717, 1.165) is 5.56 Å². The van der Waals surface area contributed by atoms with Gasteiger partial charge in [0, 0.05) is 0 Å². The summed E-state index contributed by atoms with van der Waals surface area (Å²) < 4.78 is 5.18. The van der Waals surface area contributed by atoms with Crippen molar-refractivity contribution in [3.63, 3.8) is 0 Å². The summed E-state index contributed by atoms with van der Waals surface area (Å²) in [6.07, 6.45) is 0. The number of amides is 1. The third kappa shape index (κ3) is 2.43. The average molecular weight is 316 g/mol. The highest BCUT2D eigenvalue weighted by Gasteiger charge is 2.43. The van der Waals surface area contributed by atoms with Crippen molar-refractivity contribution in [1.29, 1.82) is 0 Å². The first-order chi connectivity index (χ1) is 10.6. The number of thioether (sulfide) groups is 1. The number of hydrogen-bond donors (Lipinski definition) is 0. The molecule has 114 valence electrons. The Bertz CT molecular complexity index is 682. The molecule has 1 aromatic rings. The van der Waals surface area contributed by atoms with Gasteiger partial charge in [0.2, 0.25) is 5.91 Å². The summed E-state index contributed by atoms with van der Waals surface area (Å²) in [5.41, 5.74) is 1.93. The molecule has 0 aromatic heterocycles. The van der Waals surface area contributed by atoms with E-state index in [1.807, 2.05) is 30.3 Å². The highest BCUT2D eigenvalue weighted by Crippen LogP contribution is 2.40. The fraction of sp³-hybridized carbons (Fsp3) is 0.312. The molecular formula is C16H16N2O3S. The molecule has 2 aliphatic heterocycles. The fourth-order valence-corrected chi connectivity index (χ4v) is 3.60. The first-order valence-electron chi connectivity index (χ1n) is 7.10. The van der Waals surface area contributed by atoms with Crippen LogP contribution in [0.15, 0.2) is 46.6 Å². The van der Waals surface area contributed by atoms with E-state index in [1.165, 1.54) is 11.8 Å². The third-order valence-electron chi connectivity index (χ3n) is 3.59. The lowest BCUT2D eigenvalue weighted by atomic mass is 9.94. The molecule has 0 N–H and O–H groups in total. The zero-order valence-electron chi connectivity index (χ0n) is 12.4. The summed E-state index contributed by atoms with van der Waals surface area (Å²) in [5.74, 6) is -0.0980. The van der Waals surface area contributed by atoms with Gasteiger partial charge in [0.05, 0.1) is 29.7 Å². The Morgan fingerprint density at radius 3 is 2.82 bits per heavy atom. The van der Waals surface area contributed by atoms with Gasteiger partial charge in [0.15, 0.2) is 5.17 Å². The van der Waals surface area contributed by atoms with Gasteiger partial charge >= 0.3 is 5.97 Å². The van der Waals surface area contributed by atoms with Gasteiger partial charge in [-0.3, -0.25) is 9.69 Å². The zero-order valence-corrected chi connectivity index (χ0v) is 13.2. The number of carbonyl (C=O) groups excluding carboxylic acids is 2. The second kappa shape index (κ2) is 5.96. The molecule has 0 aliphatic carbocycles. The number of rotatable bonds is 3. The Morgan fingerprint density at radius 1 is 1.41 bits per heavy atom. The molecule has 1 aromatic carbocycles. The van der Waals surface area contributed by atoms with Crippen LogP contribution in [0.4, 0.5) is 0 Å². The highest BCUT2D eigenvalue weighted by atomic mass is 32.2. The Kier molecular flexibility index (Phi) is 4.02. The summed E-state index contributed by atoms with van der Waals surface area (Å²) in [4.78, 5) is 30.7. The Hall–Kier alpha value is -2.08. The predicted octanol–water partition coefficient (Wildman–Crippen LogP) is 2.51. The molecule has 0 bridgehead atoms. The van der Waals surface area contributed by atoms with Crippen LogP contribution in [0.3, 0.4) is 0 Å². The second-order valence-corrected chi connectivity index (χ2v) is 5.92. The van der Waals surface area contributed by atoms with Gasteiger partial charge in [-0.05, 0) is 19.4 Å². The minimum Gasteiger partial charge on any atom is -0.463 e. The number of nitrogens with zero attached hydrogens (tertiary/aromatic N) is 2. The molecule has 1 fully saturated rings. The molecule has 1 atom stereocenters. The molecular weight excluding hydrogens is 300 g/mol. The van der Waals surface area contributed by atoms with E-state index in [2.05, 4.69) is 4.99 Å². The SMILES string of the molecule is CCOC(=O)C1=C(C)N=C2SCC(=O)N2[C@H]1c1ccccc1. The lowest BCUT2D eigenvalue weighted by molar-refractivity contribution is -0.139. The van der Waals surface area contributed by atoms with Gasteiger partial charge in [0.1, 0.15) is 0 Å². The van der Waals surface area contributed by atoms with Crippen molar-refractivity contribution >= 4 is 28.8 Å². The van der Waals surface area contributed by atoms with Crippen molar-refractivity contribution in [2.45, 2.75) is 19.9 Å². The van der Waals surface area contributed by atoms with E-state index in [9.17, 15) is 9.59 Å². The molecule has 6 heteroatoms. The minimum atomic E-state index is -0.463. The number of allylic oxidation sites excluding steroid dienone is 1. The number of hydrogen-bond acceptors (Lipinski definition) is 5. The van der Waals surface area contributed by atoms with Crippen LogP contribution in [-0.4, -0.2) is 34.3 Å². The van der Waals surface area contributed by atoms with E-state index < -0.39 is 12.0 Å².